The Morgan fingerprint density at radius 3 is 2.24 bits per heavy atom. The lowest BCUT2D eigenvalue weighted by Crippen LogP contribution is -2.26. The van der Waals surface area contributed by atoms with Crippen LogP contribution in [0.3, 0.4) is 0 Å². The van der Waals surface area contributed by atoms with E-state index in [-0.39, 0.29) is 5.88 Å². The lowest BCUT2D eigenvalue weighted by Gasteiger charge is -2.19. The number of para-hydroxylation sites is 2. The van der Waals surface area contributed by atoms with Crippen molar-refractivity contribution in [3.8, 4) is 39.8 Å². The lowest BCUT2D eigenvalue weighted by atomic mass is 10.0. The van der Waals surface area contributed by atoms with Crippen molar-refractivity contribution >= 4 is 17.1 Å². The second-order valence-corrected chi connectivity index (χ2v) is 9.46. The van der Waals surface area contributed by atoms with E-state index in [1.807, 2.05) is 91.0 Å². The molecule has 0 saturated heterocycles. The molecule has 2 aromatic heterocycles. The minimum absolute atomic E-state index is 0.217. The Morgan fingerprint density at radius 1 is 0.838 bits per heavy atom. The lowest BCUT2D eigenvalue weighted by molar-refractivity contribution is 0.0193. The molecule has 0 aliphatic rings. The fourth-order valence-corrected chi connectivity index (χ4v) is 3.98. The maximum absolute atomic E-state index is 12.9. The molecule has 0 bridgehead atoms. The minimum atomic E-state index is -0.826. The molecule has 0 saturated carbocycles. The third-order valence-corrected chi connectivity index (χ3v) is 5.63. The van der Waals surface area contributed by atoms with Crippen LogP contribution >= 0.6 is 0 Å². The van der Waals surface area contributed by atoms with Gasteiger partial charge in [0.2, 0.25) is 5.88 Å². The number of nitrogens with zero attached hydrogens (tertiary/aromatic N) is 3. The summed E-state index contributed by atoms with van der Waals surface area (Å²) in [5, 5.41) is 5.92. The summed E-state index contributed by atoms with van der Waals surface area (Å²) in [5.41, 5.74) is 3.42. The van der Waals surface area contributed by atoms with Gasteiger partial charge in [0.05, 0.1) is 29.6 Å². The Hall–Kier alpha value is -4.65. The standard InChI is InChI=1S/C30H27N3O4/c1-30(2,3)37-29(34)36-28-26(25-19-16-20-10-8-9-13-24(20)31-25)27(21-14-17-23(35-4)18-15-21)32-33(28)22-11-6-5-7-12-22/h5-19H,1-4H3. The number of rotatable bonds is 5. The zero-order valence-electron chi connectivity index (χ0n) is 21.1. The van der Waals surface area contributed by atoms with Crippen molar-refractivity contribution in [2.45, 2.75) is 26.4 Å². The van der Waals surface area contributed by atoms with Gasteiger partial charge in [-0.2, -0.15) is 9.78 Å². The topological polar surface area (TPSA) is 75.5 Å². The summed E-state index contributed by atoms with van der Waals surface area (Å²) in [5.74, 6) is 0.941. The zero-order valence-corrected chi connectivity index (χ0v) is 21.1. The van der Waals surface area contributed by atoms with Crippen LogP contribution in [0.4, 0.5) is 4.79 Å². The summed E-state index contributed by atoms with van der Waals surface area (Å²) >= 11 is 0. The molecule has 3 aromatic carbocycles. The molecule has 7 nitrogen and oxygen atoms in total. The molecule has 0 aliphatic heterocycles. The normalized spacial score (nSPS) is 11.4. The van der Waals surface area contributed by atoms with Crippen LogP contribution in [0, 0.1) is 0 Å². The largest absolute Gasteiger partial charge is 0.515 e. The number of carbonyl (C=O) groups excluding carboxylic acids is 1. The Balaban J connectivity index is 1.77. The van der Waals surface area contributed by atoms with E-state index in [1.165, 1.54) is 0 Å². The number of aromatic nitrogens is 3. The Kier molecular flexibility index (Phi) is 6.36. The van der Waals surface area contributed by atoms with Crippen molar-refractivity contribution < 1.29 is 19.0 Å². The van der Waals surface area contributed by atoms with Gasteiger partial charge >= 0.3 is 6.16 Å². The second kappa shape index (κ2) is 9.78. The number of methoxy groups -OCH3 is 1. The van der Waals surface area contributed by atoms with E-state index in [2.05, 4.69) is 0 Å². The van der Waals surface area contributed by atoms with Crippen molar-refractivity contribution in [2.24, 2.45) is 0 Å². The van der Waals surface area contributed by atoms with Crippen LogP contribution in [0.5, 0.6) is 11.6 Å². The minimum Gasteiger partial charge on any atom is -0.497 e. The number of benzene rings is 3. The molecule has 0 radical (unpaired) electrons. The molecule has 0 N–H and O–H groups in total. The third kappa shape index (κ3) is 5.16. The average Bonchev–Trinajstić information content (AvgIpc) is 3.26. The number of hydrogen-bond donors (Lipinski definition) is 0. The third-order valence-electron chi connectivity index (χ3n) is 5.63. The predicted octanol–water partition coefficient (Wildman–Crippen LogP) is 7.08. The number of pyridine rings is 1. The van der Waals surface area contributed by atoms with E-state index >= 15 is 0 Å². The van der Waals surface area contributed by atoms with E-state index in [9.17, 15) is 4.79 Å². The first-order valence-electron chi connectivity index (χ1n) is 11.9. The van der Waals surface area contributed by atoms with Crippen molar-refractivity contribution in [1.29, 1.82) is 0 Å². The van der Waals surface area contributed by atoms with Gasteiger partial charge in [-0.25, -0.2) is 9.78 Å². The van der Waals surface area contributed by atoms with Gasteiger partial charge in [0, 0.05) is 10.9 Å². The van der Waals surface area contributed by atoms with Crippen LogP contribution in [-0.2, 0) is 4.74 Å². The Bertz CT molecular complexity index is 1550. The molecule has 0 fully saturated rings. The molecule has 5 rings (SSSR count). The van der Waals surface area contributed by atoms with Crippen molar-refractivity contribution in [1.82, 2.24) is 14.8 Å². The first-order valence-corrected chi connectivity index (χ1v) is 11.9. The van der Waals surface area contributed by atoms with Crippen molar-refractivity contribution in [2.75, 3.05) is 7.11 Å². The van der Waals surface area contributed by atoms with Crippen LogP contribution < -0.4 is 9.47 Å². The summed E-state index contributed by atoms with van der Waals surface area (Å²) in [7, 11) is 1.62. The molecular formula is C30H27N3O4. The van der Waals surface area contributed by atoms with Gasteiger partial charge in [0.1, 0.15) is 17.0 Å². The van der Waals surface area contributed by atoms with Gasteiger partial charge in [0.25, 0.3) is 0 Å². The summed E-state index contributed by atoms with van der Waals surface area (Å²) < 4.78 is 18.3. The summed E-state index contributed by atoms with van der Waals surface area (Å²) in [6, 6.07) is 28.8. The molecule has 2 heterocycles. The molecule has 186 valence electrons. The summed E-state index contributed by atoms with van der Waals surface area (Å²) in [6.07, 6.45) is -0.826. The van der Waals surface area contributed by atoms with Gasteiger partial charge in [-0.3, -0.25) is 0 Å². The number of carbonyl (C=O) groups is 1. The van der Waals surface area contributed by atoms with Crippen LogP contribution in [-0.4, -0.2) is 33.6 Å². The molecule has 0 atom stereocenters. The molecule has 37 heavy (non-hydrogen) atoms. The zero-order chi connectivity index (χ0) is 26.0. The van der Waals surface area contributed by atoms with Gasteiger partial charge in [-0.1, -0.05) is 42.5 Å². The Labute approximate surface area is 215 Å². The van der Waals surface area contributed by atoms with Crippen molar-refractivity contribution in [3.05, 3.63) is 91.0 Å². The van der Waals surface area contributed by atoms with Crippen LogP contribution in [0.15, 0.2) is 91.0 Å². The summed E-state index contributed by atoms with van der Waals surface area (Å²) in [4.78, 5) is 17.8. The first-order chi connectivity index (χ1) is 17.8. The van der Waals surface area contributed by atoms with E-state index in [0.717, 1.165) is 27.9 Å². The van der Waals surface area contributed by atoms with E-state index in [0.29, 0.717) is 17.0 Å². The Morgan fingerprint density at radius 2 is 1.54 bits per heavy atom. The number of hydrogen-bond acceptors (Lipinski definition) is 6. The van der Waals surface area contributed by atoms with E-state index in [4.69, 9.17) is 24.3 Å². The maximum Gasteiger partial charge on any atom is 0.515 e. The SMILES string of the molecule is COc1ccc(-c2nn(-c3ccccc3)c(OC(=O)OC(C)(C)C)c2-c2ccc3ccccc3n2)cc1. The molecular weight excluding hydrogens is 466 g/mol. The molecule has 0 amide bonds. The molecule has 5 aromatic rings. The second-order valence-electron chi connectivity index (χ2n) is 9.46. The number of fused-ring (bicyclic) bond motifs is 1. The highest BCUT2D eigenvalue weighted by molar-refractivity contribution is 5.89. The molecule has 0 aliphatic carbocycles. The quantitative estimate of drug-likeness (QED) is 0.244. The predicted molar refractivity (Wildman–Crippen MR) is 143 cm³/mol. The van der Waals surface area contributed by atoms with Gasteiger partial charge < -0.3 is 14.2 Å². The smallest absolute Gasteiger partial charge is 0.497 e. The average molecular weight is 494 g/mol. The summed E-state index contributed by atoms with van der Waals surface area (Å²) in [6.45, 7) is 5.37. The van der Waals surface area contributed by atoms with Gasteiger partial charge in [-0.05, 0) is 69.3 Å². The fraction of sp³-hybridized carbons (Fsp3) is 0.167. The molecule has 0 spiro atoms. The maximum atomic E-state index is 12.9. The van der Waals surface area contributed by atoms with Gasteiger partial charge in [0.15, 0.2) is 0 Å². The van der Waals surface area contributed by atoms with E-state index in [1.54, 1.807) is 32.6 Å². The van der Waals surface area contributed by atoms with Crippen LogP contribution in [0.2, 0.25) is 0 Å². The monoisotopic (exact) mass is 493 g/mol. The highest BCUT2D eigenvalue weighted by Gasteiger charge is 2.28. The van der Waals surface area contributed by atoms with E-state index < -0.39 is 11.8 Å². The highest BCUT2D eigenvalue weighted by atomic mass is 16.7. The van der Waals surface area contributed by atoms with Crippen LogP contribution in [0.1, 0.15) is 20.8 Å². The molecule has 7 heteroatoms. The van der Waals surface area contributed by atoms with Gasteiger partial charge in [-0.15, -0.1) is 0 Å². The van der Waals surface area contributed by atoms with Crippen molar-refractivity contribution in [3.63, 3.8) is 0 Å². The van der Waals surface area contributed by atoms with Crippen LogP contribution in [0.25, 0.3) is 39.1 Å². The number of ether oxygens (including phenoxy) is 3. The molecule has 0 unspecified atom stereocenters. The highest BCUT2D eigenvalue weighted by Crippen LogP contribution is 2.41. The first kappa shape index (κ1) is 24.1. The fourth-order valence-electron chi connectivity index (χ4n) is 3.98.